The quantitative estimate of drug-likeness (QED) is 0.734. The van der Waals surface area contributed by atoms with Crippen LogP contribution in [0.3, 0.4) is 0 Å². The summed E-state index contributed by atoms with van der Waals surface area (Å²) in [6.45, 7) is 2.00. The first-order valence-electron chi connectivity index (χ1n) is 4.30. The van der Waals surface area contributed by atoms with E-state index in [0.29, 0.717) is 11.8 Å². The van der Waals surface area contributed by atoms with Gasteiger partial charge in [-0.3, -0.25) is 0 Å². The highest BCUT2D eigenvalue weighted by Gasteiger charge is 2.13. The normalized spacial score (nSPS) is 10.7. The van der Waals surface area contributed by atoms with Gasteiger partial charge in [-0.25, -0.2) is 0 Å². The molecule has 5 heteroatoms. The second-order valence-corrected chi connectivity index (χ2v) is 3.01. The Morgan fingerprint density at radius 1 is 1.43 bits per heavy atom. The number of rotatable bonds is 3. The standard InChI is InChI=1S/C9H9ClN2O2/c1-2-7-6(3-4-13-7)9-12-11-8(5-10)14-9/h3-4H,2,5H2,1H3. The SMILES string of the molecule is CCc1occc1-c1nnc(CCl)o1. The van der Waals surface area contributed by atoms with E-state index in [1.165, 1.54) is 0 Å². The highest BCUT2D eigenvalue weighted by atomic mass is 35.5. The van der Waals surface area contributed by atoms with Crippen LogP contribution in [0.5, 0.6) is 0 Å². The highest BCUT2D eigenvalue weighted by Crippen LogP contribution is 2.24. The van der Waals surface area contributed by atoms with E-state index in [1.54, 1.807) is 6.26 Å². The maximum atomic E-state index is 5.56. The van der Waals surface area contributed by atoms with Gasteiger partial charge in [0.2, 0.25) is 5.89 Å². The highest BCUT2D eigenvalue weighted by molar-refractivity contribution is 6.16. The number of halogens is 1. The van der Waals surface area contributed by atoms with Crippen LogP contribution in [-0.2, 0) is 12.3 Å². The Kier molecular flexibility index (Phi) is 2.54. The predicted molar refractivity (Wildman–Crippen MR) is 50.9 cm³/mol. The average molecular weight is 213 g/mol. The summed E-state index contributed by atoms with van der Waals surface area (Å²) in [5.74, 6) is 1.96. The Bertz CT molecular complexity index is 422. The first kappa shape index (κ1) is 9.27. The van der Waals surface area contributed by atoms with Crippen LogP contribution < -0.4 is 0 Å². The van der Waals surface area contributed by atoms with Gasteiger partial charge in [0.15, 0.2) is 0 Å². The lowest BCUT2D eigenvalue weighted by molar-refractivity contribution is 0.506. The third-order valence-corrected chi connectivity index (χ3v) is 2.11. The zero-order valence-corrected chi connectivity index (χ0v) is 8.41. The van der Waals surface area contributed by atoms with Crippen molar-refractivity contribution < 1.29 is 8.83 Å². The van der Waals surface area contributed by atoms with Gasteiger partial charge in [-0.1, -0.05) is 6.92 Å². The first-order valence-corrected chi connectivity index (χ1v) is 4.83. The minimum atomic E-state index is 0.228. The molecule has 0 fully saturated rings. The summed E-state index contributed by atoms with van der Waals surface area (Å²) in [5.41, 5.74) is 0.844. The molecule has 14 heavy (non-hydrogen) atoms. The number of alkyl halides is 1. The van der Waals surface area contributed by atoms with E-state index >= 15 is 0 Å². The number of hydrogen-bond acceptors (Lipinski definition) is 4. The molecule has 0 bridgehead atoms. The van der Waals surface area contributed by atoms with Gasteiger partial charge in [-0.05, 0) is 6.07 Å². The molecule has 2 rings (SSSR count). The molecule has 0 unspecified atom stereocenters. The van der Waals surface area contributed by atoms with Crippen molar-refractivity contribution in [2.75, 3.05) is 0 Å². The number of nitrogens with zero attached hydrogens (tertiary/aromatic N) is 2. The van der Waals surface area contributed by atoms with Crippen molar-refractivity contribution in [1.82, 2.24) is 10.2 Å². The minimum absolute atomic E-state index is 0.228. The third kappa shape index (κ3) is 1.53. The lowest BCUT2D eigenvalue weighted by atomic mass is 10.2. The summed E-state index contributed by atoms with van der Waals surface area (Å²) in [6, 6.07) is 1.81. The zero-order valence-electron chi connectivity index (χ0n) is 7.66. The van der Waals surface area contributed by atoms with Crippen LogP contribution in [0, 0.1) is 0 Å². The maximum Gasteiger partial charge on any atom is 0.251 e. The van der Waals surface area contributed by atoms with E-state index in [2.05, 4.69) is 10.2 Å². The molecule has 0 aliphatic rings. The fourth-order valence-electron chi connectivity index (χ4n) is 1.22. The fraction of sp³-hybridized carbons (Fsp3) is 0.333. The number of aryl methyl sites for hydroxylation is 1. The van der Waals surface area contributed by atoms with Crippen molar-refractivity contribution in [2.45, 2.75) is 19.2 Å². The first-order chi connectivity index (χ1) is 6.85. The van der Waals surface area contributed by atoms with E-state index in [0.717, 1.165) is 17.7 Å². The lowest BCUT2D eigenvalue weighted by Gasteiger charge is -1.92. The van der Waals surface area contributed by atoms with Crippen molar-refractivity contribution >= 4 is 11.6 Å². The predicted octanol–water partition coefficient (Wildman–Crippen LogP) is 2.63. The molecule has 2 aromatic rings. The van der Waals surface area contributed by atoms with Crippen molar-refractivity contribution in [1.29, 1.82) is 0 Å². The topological polar surface area (TPSA) is 52.1 Å². The zero-order chi connectivity index (χ0) is 9.97. The summed E-state index contributed by atoms with van der Waals surface area (Å²) < 4.78 is 10.6. The van der Waals surface area contributed by atoms with Crippen LogP contribution in [0.15, 0.2) is 21.2 Å². The van der Waals surface area contributed by atoms with Gasteiger partial charge >= 0.3 is 0 Å². The fourth-order valence-corrected chi connectivity index (χ4v) is 1.33. The van der Waals surface area contributed by atoms with Crippen LogP contribution in [-0.4, -0.2) is 10.2 Å². The van der Waals surface area contributed by atoms with Gasteiger partial charge in [0.1, 0.15) is 11.6 Å². The molecule has 0 saturated carbocycles. The van der Waals surface area contributed by atoms with Crippen LogP contribution >= 0.6 is 11.6 Å². The maximum absolute atomic E-state index is 5.56. The number of hydrogen-bond donors (Lipinski definition) is 0. The molecule has 0 aliphatic heterocycles. The van der Waals surface area contributed by atoms with Crippen molar-refractivity contribution in [3.8, 4) is 11.5 Å². The molecule has 0 N–H and O–H groups in total. The molecule has 0 radical (unpaired) electrons. The Balaban J connectivity index is 2.38. The van der Waals surface area contributed by atoms with Gasteiger partial charge in [0.25, 0.3) is 5.89 Å². The molecule has 74 valence electrons. The molecule has 0 atom stereocenters. The summed E-state index contributed by atoms with van der Waals surface area (Å²) in [5, 5.41) is 7.65. The van der Waals surface area contributed by atoms with E-state index in [1.807, 2.05) is 13.0 Å². The Morgan fingerprint density at radius 2 is 2.29 bits per heavy atom. The van der Waals surface area contributed by atoms with Crippen molar-refractivity contribution in [3.63, 3.8) is 0 Å². The summed E-state index contributed by atoms with van der Waals surface area (Å²) in [4.78, 5) is 0. The molecule has 0 aliphatic carbocycles. The molecular weight excluding hydrogens is 204 g/mol. The molecule has 0 spiro atoms. The van der Waals surface area contributed by atoms with Crippen LogP contribution in [0.2, 0.25) is 0 Å². The number of aromatic nitrogens is 2. The van der Waals surface area contributed by atoms with Gasteiger partial charge in [-0.2, -0.15) is 0 Å². The molecule has 0 saturated heterocycles. The summed E-state index contributed by atoms with van der Waals surface area (Å²) in [7, 11) is 0. The van der Waals surface area contributed by atoms with Gasteiger partial charge < -0.3 is 8.83 Å². The van der Waals surface area contributed by atoms with Crippen LogP contribution in [0.1, 0.15) is 18.6 Å². The second-order valence-electron chi connectivity index (χ2n) is 2.75. The Labute approximate surface area is 85.9 Å². The number of furan rings is 1. The van der Waals surface area contributed by atoms with Gasteiger partial charge in [0, 0.05) is 6.42 Å². The van der Waals surface area contributed by atoms with Crippen molar-refractivity contribution in [2.24, 2.45) is 0 Å². The lowest BCUT2D eigenvalue weighted by Crippen LogP contribution is -1.81. The monoisotopic (exact) mass is 212 g/mol. The van der Waals surface area contributed by atoms with Crippen molar-refractivity contribution in [3.05, 3.63) is 24.0 Å². The minimum Gasteiger partial charge on any atom is -0.469 e. The van der Waals surface area contributed by atoms with Crippen LogP contribution in [0.25, 0.3) is 11.5 Å². The molecule has 2 heterocycles. The van der Waals surface area contributed by atoms with Gasteiger partial charge in [0.05, 0.1) is 11.8 Å². The largest absolute Gasteiger partial charge is 0.469 e. The van der Waals surface area contributed by atoms with E-state index in [-0.39, 0.29) is 5.88 Å². The smallest absolute Gasteiger partial charge is 0.251 e. The molecular formula is C9H9ClN2O2. The molecule has 2 aromatic heterocycles. The average Bonchev–Trinajstić information content (AvgIpc) is 2.85. The van der Waals surface area contributed by atoms with Crippen LogP contribution in [0.4, 0.5) is 0 Å². The van der Waals surface area contributed by atoms with E-state index in [4.69, 9.17) is 20.4 Å². The second kappa shape index (κ2) is 3.84. The van der Waals surface area contributed by atoms with E-state index < -0.39 is 0 Å². The summed E-state index contributed by atoms with van der Waals surface area (Å²) in [6.07, 6.45) is 2.40. The molecule has 4 nitrogen and oxygen atoms in total. The molecule has 0 aromatic carbocycles. The Morgan fingerprint density at radius 3 is 2.93 bits per heavy atom. The summed E-state index contributed by atoms with van der Waals surface area (Å²) >= 11 is 5.56. The Hall–Kier alpha value is -1.29. The van der Waals surface area contributed by atoms with E-state index in [9.17, 15) is 0 Å². The molecule has 0 amide bonds. The third-order valence-electron chi connectivity index (χ3n) is 1.88. The van der Waals surface area contributed by atoms with Gasteiger partial charge in [-0.15, -0.1) is 21.8 Å².